The zero-order valence-corrected chi connectivity index (χ0v) is 31.7. The Morgan fingerprint density at radius 2 is 1.69 bits per heavy atom. The summed E-state index contributed by atoms with van der Waals surface area (Å²) in [5.74, 6) is -0.307. The van der Waals surface area contributed by atoms with Crippen LogP contribution in [0, 0.1) is 6.92 Å². The molecule has 3 heterocycles. The Kier molecular flexibility index (Phi) is 10.7. The van der Waals surface area contributed by atoms with E-state index in [9.17, 15) is 14.4 Å². The fraction of sp³-hybridized carbons (Fsp3) is 0.125. The molecule has 0 spiro atoms. The molecule has 0 radical (unpaired) electrons. The summed E-state index contributed by atoms with van der Waals surface area (Å²) in [5.41, 5.74) is 5.47. The summed E-state index contributed by atoms with van der Waals surface area (Å²) in [6.45, 7) is 1.86. The molecule has 14 heteroatoms. The van der Waals surface area contributed by atoms with E-state index >= 15 is 0 Å². The molecule has 0 saturated carbocycles. The molecule has 0 saturated heterocycles. The van der Waals surface area contributed by atoms with Gasteiger partial charge in [-0.15, -0.1) is 11.3 Å². The first kappa shape index (κ1) is 36.3. The molecule has 272 valence electrons. The van der Waals surface area contributed by atoms with Crippen molar-refractivity contribution in [2.45, 2.75) is 19.4 Å². The van der Waals surface area contributed by atoms with E-state index in [0.717, 1.165) is 32.7 Å². The molecule has 54 heavy (non-hydrogen) atoms. The van der Waals surface area contributed by atoms with Gasteiger partial charge in [0.1, 0.15) is 11.8 Å². The van der Waals surface area contributed by atoms with E-state index in [4.69, 9.17) is 21.3 Å². The molecule has 7 rings (SSSR count). The maximum atomic E-state index is 13.8. The zero-order valence-electron chi connectivity index (χ0n) is 29.3. The summed E-state index contributed by atoms with van der Waals surface area (Å²) in [4.78, 5) is 55.4. The van der Waals surface area contributed by atoms with E-state index in [-0.39, 0.29) is 24.1 Å². The number of halogens is 1. The molecule has 11 nitrogen and oxygen atoms in total. The van der Waals surface area contributed by atoms with Gasteiger partial charge in [0, 0.05) is 45.8 Å². The van der Waals surface area contributed by atoms with E-state index in [1.54, 1.807) is 56.6 Å². The molecule has 0 bridgehead atoms. The Morgan fingerprint density at radius 3 is 2.46 bits per heavy atom. The van der Waals surface area contributed by atoms with Crippen molar-refractivity contribution in [1.82, 2.24) is 19.9 Å². The monoisotopic (exact) mass is 775 g/mol. The van der Waals surface area contributed by atoms with Gasteiger partial charge < -0.3 is 25.3 Å². The third-order valence-electron chi connectivity index (χ3n) is 8.73. The van der Waals surface area contributed by atoms with Crippen LogP contribution < -0.4 is 20.7 Å². The molecule has 7 aromatic rings. The van der Waals surface area contributed by atoms with Crippen LogP contribution in [0.5, 0.6) is 5.75 Å². The first-order valence-corrected chi connectivity index (χ1v) is 18.9. The van der Waals surface area contributed by atoms with Crippen LogP contribution in [0.1, 0.15) is 33.2 Å². The van der Waals surface area contributed by atoms with Crippen molar-refractivity contribution in [3.05, 3.63) is 136 Å². The van der Waals surface area contributed by atoms with E-state index in [0.29, 0.717) is 43.5 Å². The van der Waals surface area contributed by atoms with Crippen molar-refractivity contribution in [3.63, 3.8) is 0 Å². The van der Waals surface area contributed by atoms with E-state index in [2.05, 4.69) is 25.9 Å². The van der Waals surface area contributed by atoms with Gasteiger partial charge in [0.15, 0.2) is 10.3 Å². The molecule has 4 N–H and O–H groups in total. The minimum Gasteiger partial charge on any atom is -0.495 e. The number of methoxy groups -OCH3 is 1. The van der Waals surface area contributed by atoms with Gasteiger partial charge >= 0.3 is 0 Å². The number of ether oxygens (including phenoxy) is 1. The molecule has 1 unspecified atom stereocenters. The van der Waals surface area contributed by atoms with Crippen molar-refractivity contribution in [3.8, 4) is 16.3 Å². The SMILES string of the molecule is COc1ccc(Cl)cc1Nc1nc(-c2sc(NC(=O)c3ccc(NC(=O)C(c4ccccc4)N(C)C(=O)Cc4c[nH]c5ccccc45)cc3)nc2C)cs1. The van der Waals surface area contributed by atoms with Gasteiger partial charge in [-0.05, 0) is 66.6 Å². The molecule has 0 fully saturated rings. The summed E-state index contributed by atoms with van der Waals surface area (Å²) in [6, 6.07) is 27.9. The first-order valence-electron chi connectivity index (χ1n) is 16.8. The number of thiazole rings is 2. The third-order valence-corrected chi connectivity index (χ3v) is 10.8. The first-order chi connectivity index (χ1) is 26.2. The van der Waals surface area contributed by atoms with Gasteiger partial charge in [0.05, 0.1) is 35.5 Å². The Labute approximate surface area is 324 Å². The van der Waals surface area contributed by atoms with Gasteiger partial charge in [0.2, 0.25) is 5.91 Å². The minimum absolute atomic E-state index is 0.128. The van der Waals surface area contributed by atoms with Gasteiger partial charge in [-0.2, -0.15) is 0 Å². The number of carbonyl (C=O) groups is 3. The number of fused-ring (bicyclic) bond motifs is 1. The number of nitrogens with zero attached hydrogens (tertiary/aromatic N) is 3. The van der Waals surface area contributed by atoms with E-state index < -0.39 is 6.04 Å². The molecule has 0 aliphatic heterocycles. The molecule has 0 aliphatic rings. The second-order valence-electron chi connectivity index (χ2n) is 12.3. The largest absolute Gasteiger partial charge is 0.495 e. The zero-order chi connectivity index (χ0) is 37.8. The fourth-order valence-electron chi connectivity index (χ4n) is 6.00. The second kappa shape index (κ2) is 15.9. The quantitative estimate of drug-likeness (QED) is 0.0971. The average Bonchev–Trinajstić information content (AvgIpc) is 3.91. The van der Waals surface area contributed by atoms with Gasteiger partial charge in [-0.25, -0.2) is 9.97 Å². The van der Waals surface area contributed by atoms with Crippen molar-refractivity contribution in [1.29, 1.82) is 0 Å². The molecule has 3 aromatic heterocycles. The number of likely N-dealkylation sites (N-methyl/N-ethyl adjacent to an activating group) is 1. The lowest BCUT2D eigenvalue weighted by atomic mass is 10.0. The smallest absolute Gasteiger partial charge is 0.257 e. The maximum absolute atomic E-state index is 13.8. The van der Waals surface area contributed by atoms with Gasteiger partial charge in [0.25, 0.3) is 11.8 Å². The lowest BCUT2D eigenvalue weighted by Gasteiger charge is -2.28. The number of para-hydroxylation sites is 1. The number of anilines is 4. The van der Waals surface area contributed by atoms with E-state index in [1.807, 2.05) is 73.1 Å². The summed E-state index contributed by atoms with van der Waals surface area (Å²) in [5, 5.41) is 13.6. The van der Waals surface area contributed by atoms with Crippen LogP contribution in [0.4, 0.5) is 21.6 Å². The van der Waals surface area contributed by atoms with Crippen LogP contribution in [0.15, 0.2) is 109 Å². The summed E-state index contributed by atoms with van der Waals surface area (Å²) in [7, 11) is 3.22. The highest BCUT2D eigenvalue weighted by Gasteiger charge is 2.29. The number of aromatic nitrogens is 3. The van der Waals surface area contributed by atoms with Crippen LogP contribution in [0.3, 0.4) is 0 Å². The Hall–Kier alpha value is -6.02. The number of hydrogen-bond acceptors (Lipinski definition) is 9. The van der Waals surface area contributed by atoms with Crippen molar-refractivity contribution in [2.75, 3.05) is 30.1 Å². The predicted molar refractivity (Wildman–Crippen MR) is 216 cm³/mol. The van der Waals surface area contributed by atoms with Crippen molar-refractivity contribution < 1.29 is 19.1 Å². The number of H-pyrrole nitrogens is 1. The number of amides is 3. The summed E-state index contributed by atoms with van der Waals surface area (Å²) in [6.07, 6.45) is 1.96. The molecular formula is C40H34ClN7O4S2. The number of nitrogens with one attached hydrogen (secondary N) is 4. The van der Waals surface area contributed by atoms with Crippen LogP contribution in [0.25, 0.3) is 21.5 Å². The van der Waals surface area contributed by atoms with Crippen molar-refractivity contribution >= 4 is 84.5 Å². The van der Waals surface area contributed by atoms with E-state index in [1.165, 1.54) is 27.6 Å². The minimum atomic E-state index is -0.890. The number of carbonyl (C=O) groups excluding carboxylic acids is 3. The van der Waals surface area contributed by atoms with Crippen LogP contribution >= 0.6 is 34.3 Å². The molecular weight excluding hydrogens is 742 g/mol. The average molecular weight is 776 g/mol. The van der Waals surface area contributed by atoms with Crippen molar-refractivity contribution in [2.24, 2.45) is 0 Å². The summed E-state index contributed by atoms with van der Waals surface area (Å²) < 4.78 is 5.43. The Bertz CT molecular complexity index is 2460. The van der Waals surface area contributed by atoms with Gasteiger partial charge in [-0.3, -0.25) is 19.7 Å². The topological polar surface area (TPSA) is 141 Å². The standard InChI is InChI=1S/C40H34ClN7O4S2/c1-23-36(32-22-53-39(46-32)45-31-20-27(41)15-18-33(31)52-3)54-40(43-23)47-37(50)25-13-16-28(17-14-25)44-38(51)35(24-9-5-4-6-10-24)48(2)34(49)19-26-21-42-30-12-8-7-11-29(26)30/h4-18,20-22,35,42H,19H2,1-3H3,(H,44,51)(H,45,46)(H,43,47,50). The highest BCUT2D eigenvalue weighted by Crippen LogP contribution is 2.37. The fourth-order valence-corrected chi connectivity index (χ4v) is 7.88. The maximum Gasteiger partial charge on any atom is 0.257 e. The Morgan fingerprint density at radius 1 is 0.926 bits per heavy atom. The van der Waals surface area contributed by atoms with Gasteiger partial charge in [-0.1, -0.05) is 71.5 Å². The molecule has 0 aliphatic carbocycles. The normalized spacial score (nSPS) is 11.6. The third kappa shape index (κ3) is 7.98. The number of benzene rings is 4. The predicted octanol–water partition coefficient (Wildman–Crippen LogP) is 9.10. The van der Waals surface area contributed by atoms with Crippen LogP contribution in [-0.2, 0) is 16.0 Å². The number of hydrogen-bond donors (Lipinski definition) is 4. The summed E-state index contributed by atoms with van der Waals surface area (Å²) >= 11 is 8.92. The highest BCUT2D eigenvalue weighted by atomic mass is 35.5. The second-order valence-corrected chi connectivity index (χ2v) is 14.6. The lowest BCUT2D eigenvalue weighted by molar-refractivity contribution is -0.136. The Balaban J connectivity index is 1.00. The highest BCUT2D eigenvalue weighted by molar-refractivity contribution is 7.20. The van der Waals surface area contributed by atoms with Crippen LogP contribution in [-0.4, -0.2) is 51.7 Å². The molecule has 1 atom stereocenters. The number of aryl methyl sites for hydroxylation is 1. The number of rotatable bonds is 12. The number of aromatic amines is 1. The van der Waals surface area contributed by atoms with Crippen LogP contribution in [0.2, 0.25) is 5.02 Å². The molecule has 4 aromatic carbocycles. The lowest BCUT2D eigenvalue weighted by Crippen LogP contribution is -2.39. The molecule has 3 amide bonds.